The lowest BCUT2D eigenvalue weighted by molar-refractivity contribution is -0.141. The van der Waals surface area contributed by atoms with Crippen LogP contribution >= 0.6 is 38.5 Å². The van der Waals surface area contributed by atoms with E-state index >= 15 is 0 Å². The second-order valence-corrected chi connectivity index (χ2v) is 5.65. The van der Waals surface area contributed by atoms with Gasteiger partial charge in [-0.3, -0.25) is 4.79 Å². The summed E-state index contributed by atoms with van der Waals surface area (Å²) in [6.45, 7) is 1.47. The van der Waals surface area contributed by atoms with Gasteiger partial charge in [0.05, 0.1) is 5.56 Å². The van der Waals surface area contributed by atoms with Crippen LogP contribution in [-0.4, -0.2) is 35.0 Å². The van der Waals surface area contributed by atoms with Gasteiger partial charge in [-0.15, -0.1) is 0 Å². The van der Waals surface area contributed by atoms with Gasteiger partial charge in [-0.2, -0.15) is 0 Å². The molecule has 0 saturated carbocycles. The number of carboxylic acids is 1. The highest BCUT2D eigenvalue weighted by Gasteiger charge is 2.24. The predicted octanol–water partition coefficient (Wildman–Crippen LogP) is 2.60. The molecule has 0 fully saturated rings. The first-order valence-corrected chi connectivity index (χ1v) is 6.66. The summed E-state index contributed by atoms with van der Waals surface area (Å²) in [7, 11) is 1.48. The first-order chi connectivity index (χ1) is 7.84. The van der Waals surface area contributed by atoms with Crippen molar-refractivity contribution in [3.63, 3.8) is 0 Å². The Kier molecular flexibility index (Phi) is 4.93. The van der Waals surface area contributed by atoms with E-state index in [1.165, 1.54) is 18.9 Å². The maximum absolute atomic E-state index is 12.1. The summed E-state index contributed by atoms with van der Waals surface area (Å²) in [6.07, 6.45) is 0. The molecule has 1 aromatic carbocycles. The second kappa shape index (κ2) is 5.81. The maximum atomic E-state index is 12.1. The van der Waals surface area contributed by atoms with E-state index < -0.39 is 12.0 Å². The number of aliphatic carboxylic acids is 1. The van der Waals surface area contributed by atoms with Crippen LogP contribution in [0, 0.1) is 3.57 Å². The summed E-state index contributed by atoms with van der Waals surface area (Å²) >= 11 is 5.39. The van der Waals surface area contributed by atoms with Crippen molar-refractivity contribution in [3.05, 3.63) is 31.8 Å². The Morgan fingerprint density at radius 2 is 2.06 bits per heavy atom. The minimum absolute atomic E-state index is 0.315. The van der Waals surface area contributed by atoms with E-state index in [0.29, 0.717) is 10.0 Å². The molecule has 0 bridgehead atoms. The van der Waals surface area contributed by atoms with Gasteiger partial charge in [0.25, 0.3) is 5.91 Å². The van der Waals surface area contributed by atoms with Crippen molar-refractivity contribution in [1.29, 1.82) is 0 Å². The largest absolute Gasteiger partial charge is 0.480 e. The van der Waals surface area contributed by atoms with Gasteiger partial charge in [0.1, 0.15) is 6.04 Å². The van der Waals surface area contributed by atoms with Crippen LogP contribution in [-0.2, 0) is 4.79 Å². The Hall–Kier alpha value is -0.630. The third-order valence-electron chi connectivity index (χ3n) is 2.42. The first kappa shape index (κ1) is 14.4. The average Bonchev–Trinajstić information content (AvgIpc) is 2.29. The van der Waals surface area contributed by atoms with Crippen molar-refractivity contribution in [2.45, 2.75) is 13.0 Å². The van der Waals surface area contributed by atoms with Crippen LogP contribution in [0.4, 0.5) is 0 Å². The summed E-state index contributed by atoms with van der Waals surface area (Å²) in [4.78, 5) is 24.1. The number of carbonyl (C=O) groups excluding carboxylic acids is 1. The first-order valence-electron chi connectivity index (χ1n) is 4.79. The summed E-state index contributed by atoms with van der Waals surface area (Å²) in [5.41, 5.74) is 0.465. The van der Waals surface area contributed by atoms with E-state index in [1.807, 2.05) is 6.07 Å². The molecular formula is C11H11BrINO3. The molecule has 1 atom stereocenters. The zero-order chi connectivity index (χ0) is 13.2. The molecule has 1 amide bonds. The fraction of sp³-hybridized carbons (Fsp3) is 0.273. The molecule has 0 aliphatic rings. The van der Waals surface area contributed by atoms with Crippen LogP contribution in [0.3, 0.4) is 0 Å². The fourth-order valence-electron chi connectivity index (χ4n) is 1.19. The van der Waals surface area contributed by atoms with Crippen LogP contribution in [0.25, 0.3) is 0 Å². The van der Waals surface area contributed by atoms with Crippen molar-refractivity contribution < 1.29 is 14.7 Å². The molecule has 0 aliphatic carbocycles. The molecule has 1 unspecified atom stereocenters. The number of hydrogen-bond acceptors (Lipinski definition) is 2. The molecular weight excluding hydrogens is 401 g/mol. The summed E-state index contributed by atoms with van der Waals surface area (Å²) in [5, 5.41) is 8.87. The van der Waals surface area contributed by atoms with Crippen molar-refractivity contribution in [2.24, 2.45) is 0 Å². The third kappa shape index (κ3) is 3.41. The summed E-state index contributed by atoms with van der Waals surface area (Å²) in [5.74, 6) is -1.34. The zero-order valence-electron chi connectivity index (χ0n) is 9.28. The summed E-state index contributed by atoms with van der Waals surface area (Å²) < 4.78 is 1.58. The lowest BCUT2D eigenvalue weighted by Crippen LogP contribution is -2.40. The number of nitrogens with zero attached hydrogens (tertiary/aromatic N) is 1. The normalized spacial score (nSPS) is 12.0. The van der Waals surface area contributed by atoms with Crippen LogP contribution in [0.1, 0.15) is 17.3 Å². The van der Waals surface area contributed by atoms with Crippen LogP contribution in [0.5, 0.6) is 0 Å². The van der Waals surface area contributed by atoms with Crippen molar-refractivity contribution >= 4 is 50.4 Å². The Morgan fingerprint density at radius 1 is 1.47 bits per heavy atom. The number of likely N-dealkylation sites (N-methyl/N-ethyl adjacent to an activating group) is 1. The second-order valence-electron chi connectivity index (χ2n) is 3.55. The van der Waals surface area contributed by atoms with Gasteiger partial charge >= 0.3 is 5.97 Å². The maximum Gasteiger partial charge on any atom is 0.326 e. The SMILES string of the molecule is CC(C(=O)O)N(C)C(=O)c1cc(I)ccc1Br. The van der Waals surface area contributed by atoms with E-state index in [9.17, 15) is 9.59 Å². The van der Waals surface area contributed by atoms with Crippen molar-refractivity contribution in [1.82, 2.24) is 4.90 Å². The Bertz CT molecular complexity index is 464. The lowest BCUT2D eigenvalue weighted by atomic mass is 10.2. The van der Waals surface area contributed by atoms with E-state index in [2.05, 4.69) is 38.5 Å². The highest BCUT2D eigenvalue weighted by molar-refractivity contribution is 14.1. The quantitative estimate of drug-likeness (QED) is 0.778. The molecule has 0 radical (unpaired) electrons. The van der Waals surface area contributed by atoms with Gasteiger partial charge < -0.3 is 10.0 Å². The number of hydrogen-bond donors (Lipinski definition) is 1. The molecule has 4 nitrogen and oxygen atoms in total. The topological polar surface area (TPSA) is 57.6 Å². The number of amides is 1. The highest BCUT2D eigenvalue weighted by atomic mass is 127. The molecule has 0 saturated heterocycles. The standard InChI is InChI=1S/C11H11BrINO3/c1-6(11(16)17)14(2)10(15)8-5-7(13)3-4-9(8)12/h3-6H,1-2H3,(H,16,17). The Balaban J connectivity index is 3.04. The van der Waals surface area contributed by atoms with Crippen molar-refractivity contribution in [2.75, 3.05) is 7.05 Å². The van der Waals surface area contributed by atoms with Gasteiger partial charge in [-0.25, -0.2) is 4.79 Å². The molecule has 92 valence electrons. The zero-order valence-corrected chi connectivity index (χ0v) is 13.0. The minimum Gasteiger partial charge on any atom is -0.480 e. The molecule has 0 aliphatic heterocycles. The summed E-state index contributed by atoms with van der Waals surface area (Å²) in [6, 6.07) is 4.50. The third-order valence-corrected chi connectivity index (χ3v) is 3.78. The molecule has 1 N–H and O–H groups in total. The number of rotatable bonds is 3. The van der Waals surface area contributed by atoms with Crippen LogP contribution in [0.2, 0.25) is 0 Å². The van der Waals surface area contributed by atoms with Gasteiger partial charge in [0.15, 0.2) is 0 Å². The Labute approximate surface area is 121 Å². The average molecular weight is 412 g/mol. The van der Waals surface area contributed by atoms with Gasteiger partial charge in [0, 0.05) is 15.1 Å². The number of benzene rings is 1. The lowest BCUT2D eigenvalue weighted by Gasteiger charge is -2.22. The van der Waals surface area contributed by atoms with Gasteiger partial charge in [-0.1, -0.05) is 0 Å². The number of carbonyl (C=O) groups is 2. The molecule has 0 spiro atoms. The molecule has 0 aromatic heterocycles. The minimum atomic E-state index is -1.03. The van der Waals surface area contributed by atoms with Gasteiger partial charge in [-0.05, 0) is 63.6 Å². The Morgan fingerprint density at radius 3 is 2.59 bits per heavy atom. The van der Waals surface area contributed by atoms with E-state index in [0.717, 1.165) is 3.57 Å². The fourth-order valence-corrected chi connectivity index (χ4v) is 2.10. The predicted molar refractivity (Wildman–Crippen MR) is 76.1 cm³/mol. The van der Waals surface area contributed by atoms with E-state index in [1.54, 1.807) is 12.1 Å². The number of halogens is 2. The molecule has 0 heterocycles. The molecule has 17 heavy (non-hydrogen) atoms. The number of carboxylic acid groups (broad SMARTS) is 1. The van der Waals surface area contributed by atoms with Gasteiger partial charge in [0.2, 0.25) is 0 Å². The van der Waals surface area contributed by atoms with Crippen molar-refractivity contribution in [3.8, 4) is 0 Å². The smallest absolute Gasteiger partial charge is 0.326 e. The molecule has 1 rings (SSSR count). The molecule has 1 aromatic rings. The molecule has 6 heteroatoms. The monoisotopic (exact) mass is 411 g/mol. The van der Waals surface area contributed by atoms with E-state index in [4.69, 9.17) is 5.11 Å². The highest BCUT2D eigenvalue weighted by Crippen LogP contribution is 2.21. The van der Waals surface area contributed by atoms with Crippen LogP contribution < -0.4 is 0 Å². The van der Waals surface area contributed by atoms with Crippen LogP contribution in [0.15, 0.2) is 22.7 Å². The van der Waals surface area contributed by atoms with E-state index in [-0.39, 0.29) is 5.91 Å².